The number of hydrogen-bond donors (Lipinski definition) is 1. The van der Waals surface area contributed by atoms with E-state index in [9.17, 15) is 13.6 Å². The minimum atomic E-state index is -1.20. The van der Waals surface area contributed by atoms with E-state index in [1.807, 2.05) is 0 Å². The Morgan fingerprint density at radius 2 is 2.06 bits per heavy atom. The van der Waals surface area contributed by atoms with Crippen molar-refractivity contribution in [2.24, 2.45) is 0 Å². The molecule has 0 atom stereocenters. The number of carboxylic acid groups (broad SMARTS) is 1. The second-order valence-electron chi connectivity index (χ2n) is 3.63. The van der Waals surface area contributed by atoms with Crippen molar-refractivity contribution >= 4 is 21.9 Å². The van der Waals surface area contributed by atoms with Crippen LogP contribution in [0.2, 0.25) is 0 Å². The first-order valence-electron chi connectivity index (χ1n) is 4.84. The Balaban J connectivity index is 2.59. The third kappa shape index (κ3) is 2.13. The van der Waals surface area contributed by atoms with Gasteiger partial charge in [0.25, 0.3) is 0 Å². The van der Waals surface area contributed by atoms with Crippen LogP contribution in [0.5, 0.6) is 0 Å². The molecule has 0 aliphatic carbocycles. The van der Waals surface area contributed by atoms with Crippen LogP contribution in [0, 0.1) is 18.6 Å². The molecule has 0 unspecified atom stereocenters. The maximum Gasteiger partial charge on any atom is 0.356 e. The topological polar surface area (TPSA) is 55.1 Å². The number of benzene rings is 1. The highest BCUT2D eigenvalue weighted by molar-refractivity contribution is 9.10. The van der Waals surface area contributed by atoms with Gasteiger partial charge in [-0.1, -0.05) is 0 Å². The predicted molar refractivity (Wildman–Crippen MR) is 62.9 cm³/mol. The van der Waals surface area contributed by atoms with Crippen LogP contribution >= 0.6 is 15.9 Å². The predicted octanol–water partition coefficient (Wildman–Crippen LogP) is 2.92. The molecule has 1 aromatic carbocycles. The van der Waals surface area contributed by atoms with Gasteiger partial charge in [0.15, 0.2) is 11.5 Å². The van der Waals surface area contributed by atoms with Gasteiger partial charge in [0.2, 0.25) is 0 Å². The summed E-state index contributed by atoms with van der Waals surface area (Å²) in [5.74, 6) is -2.76. The van der Waals surface area contributed by atoms with Gasteiger partial charge in [-0.25, -0.2) is 18.3 Å². The summed E-state index contributed by atoms with van der Waals surface area (Å²) < 4.78 is 27.8. The van der Waals surface area contributed by atoms with Crippen LogP contribution in [0.1, 0.15) is 16.1 Å². The first-order valence-corrected chi connectivity index (χ1v) is 5.64. The van der Waals surface area contributed by atoms with Gasteiger partial charge in [-0.3, -0.25) is 0 Å². The zero-order valence-corrected chi connectivity index (χ0v) is 10.7. The van der Waals surface area contributed by atoms with Crippen LogP contribution in [0.15, 0.2) is 22.8 Å². The van der Waals surface area contributed by atoms with Crippen molar-refractivity contribution < 1.29 is 18.7 Å². The first-order chi connectivity index (χ1) is 8.40. The van der Waals surface area contributed by atoms with Crippen LogP contribution in [0.25, 0.3) is 5.69 Å². The van der Waals surface area contributed by atoms with E-state index < -0.39 is 17.6 Å². The van der Waals surface area contributed by atoms with Crippen LogP contribution in [0.3, 0.4) is 0 Å². The number of aromatic nitrogens is 2. The Morgan fingerprint density at radius 3 is 2.61 bits per heavy atom. The van der Waals surface area contributed by atoms with Gasteiger partial charge < -0.3 is 5.11 Å². The number of carbonyl (C=O) groups is 1. The highest BCUT2D eigenvalue weighted by atomic mass is 79.9. The van der Waals surface area contributed by atoms with Crippen molar-refractivity contribution in [3.63, 3.8) is 0 Å². The number of hydrogen-bond acceptors (Lipinski definition) is 2. The van der Waals surface area contributed by atoms with E-state index >= 15 is 0 Å². The van der Waals surface area contributed by atoms with E-state index in [1.54, 1.807) is 6.92 Å². The second-order valence-corrected chi connectivity index (χ2v) is 4.48. The molecular formula is C11H7BrF2N2O2. The van der Waals surface area contributed by atoms with Crippen molar-refractivity contribution in [1.29, 1.82) is 0 Å². The Labute approximate surface area is 109 Å². The second kappa shape index (κ2) is 4.49. The van der Waals surface area contributed by atoms with Crippen LogP contribution in [-0.4, -0.2) is 20.9 Å². The maximum atomic E-state index is 13.6. The lowest BCUT2D eigenvalue weighted by Gasteiger charge is -2.04. The molecule has 0 amide bonds. The first kappa shape index (κ1) is 12.7. The molecule has 0 saturated heterocycles. The molecule has 4 nitrogen and oxygen atoms in total. The fraction of sp³-hybridized carbons (Fsp3) is 0.0909. The minimum Gasteiger partial charge on any atom is -0.476 e. The minimum absolute atomic E-state index is 0.0288. The summed E-state index contributed by atoms with van der Waals surface area (Å²) in [5.41, 5.74) is 0.191. The molecule has 0 saturated carbocycles. The molecule has 0 spiro atoms. The van der Waals surface area contributed by atoms with Gasteiger partial charge in [0.05, 0.1) is 4.47 Å². The zero-order valence-electron chi connectivity index (χ0n) is 9.12. The highest BCUT2D eigenvalue weighted by Crippen LogP contribution is 2.23. The Morgan fingerprint density at radius 1 is 1.39 bits per heavy atom. The summed E-state index contributed by atoms with van der Waals surface area (Å²) >= 11 is 2.93. The summed E-state index contributed by atoms with van der Waals surface area (Å²) in [5, 5.41) is 12.6. The lowest BCUT2D eigenvalue weighted by Crippen LogP contribution is -2.03. The third-order valence-corrected chi connectivity index (χ3v) is 2.94. The van der Waals surface area contributed by atoms with Crippen molar-refractivity contribution in [3.05, 3.63) is 45.7 Å². The molecular weight excluding hydrogens is 310 g/mol. The largest absolute Gasteiger partial charge is 0.476 e. The number of rotatable bonds is 2. The highest BCUT2D eigenvalue weighted by Gasteiger charge is 2.16. The Hall–Kier alpha value is -1.76. The molecule has 0 fully saturated rings. The van der Waals surface area contributed by atoms with Crippen molar-refractivity contribution in [3.8, 4) is 5.69 Å². The summed E-state index contributed by atoms with van der Waals surface area (Å²) in [7, 11) is 0. The van der Waals surface area contributed by atoms with Crippen molar-refractivity contribution in [2.45, 2.75) is 6.92 Å². The molecule has 2 aromatic rings. The lowest BCUT2D eigenvalue weighted by atomic mass is 10.3. The normalized spacial score (nSPS) is 10.7. The van der Waals surface area contributed by atoms with Gasteiger partial charge >= 0.3 is 5.97 Å². The maximum absolute atomic E-state index is 13.6. The van der Waals surface area contributed by atoms with Crippen molar-refractivity contribution in [1.82, 2.24) is 9.78 Å². The zero-order chi connectivity index (χ0) is 13.4. The van der Waals surface area contributed by atoms with Gasteiger partial charge in [-0.15, -0.1) is 0 Å². The van der Waals surface area contributed by atoms with Gasteiger partial charge in [0.1, 0.15) is 11.5 Å². The summed E-state index contributed by atoms with van der Waals surface area (Å²) in [6, 6.07) is 1.90. The van der Waals surface area contributed by atoms with E-state index in [1.165, 1.54) is 12.3 Å². The summed E-state index contributed by atoms with van der Waals surface area (Å²) in [4.78, 5) is 10.8. The van der Waals surface area contributed by atoms with E-state index in [2.05, 4.69) is 21.0 Å². The van der Waals surface area contributed by atoms with Gasteiger partial charge in [-0.2, -0.15) is 5.10 Å². The van der Waals surface area contributed by atoms with Crippen LogP contribution < -0.4 is 0 Å². The molecule has 7 heteroatoms. The Kier molecular flexibility index (Phi) is 3.16. The number of nitrogens with zero attached hydrogens (tertiary/aromatic N) is 2. The number of carboxylic acids is 1. The lowest BCUT2D eigenvalue weighted by molar-refractivity contribution is 0.0689. The fourth-order valence-electron chi connectivity index (χ4n) is 1.48. The SMILES string of the molecule is Cc1cn(-c2cc(Br)c(F)cc2F)nc1C(=O)O. The number of aryl methyl sites for hydroxylation is 1. The molecule has 0 aliphatic rings. The van der Waals surface area contributed by atoms with E-state index in [4.69, 9.17) is 5.11 Å². The molecule has 0 bridgehead atoms. The molecule has 1 heterocycles. The average molecular weight is 317 g/mol. The standard InChI is InChI=1S/C11H7BrF2N2O2/c1-5-4-16(15-10(5)11(17)18)9-2-6(12)7(13)3-8(9)14/h2-4H,1H3,(H,17,18). The molecule has 1 N–H and O–H groups in total. The third-order valence-electron chi connectivity index (χ3n) is 2.34. The molecule has 94 valence electrons. The van der Waals surface area contributed by atoms with Gasteiger partial charge in [-0.05, 0) is 28.9 Å². The smallest absolute Gasteiger partial charge is 0.356 e. The quantitative estimate of drug-likeness (QED) is 0.867. The summed E-state index contributed by atoms with van der Waals surface area (Å²) in [6.07, 6.45) is 1.37. The number of halogens is 3. The van der Waals surface area contributed by atoms with Crippen LogP contribution in [0.4, 0.5) is 8.78 Å². The van der Waals surface area contributed by atoms with E-state index in [-0.39, 0.29) is 15.9 Å². The average Bonchev–Trinajstić information content (AvgIpc) is 2.65. The Bertz CT molecular complexity index is 640. The fourth-order valence-corrected chi connectivity index (χ4v) is 1.81. The van der Waals surface area contributed by atoms with Gasteiger partial charge in [0, 0.05) is 17.8 Å². The monoisotopic (exact) mass is 316 g/mol. The molecule has 0 aliphatic heterocycles. The van der Waals surface area contributed by atoms with E-state index in [0.29, 0.717) is 11.6 Å². The summed E-state index contributed by atoms with van der Waals surface area (Å²) in [6.45, 7) is 1.55. The molecule has 2 rings (SSSR count). The van der Waals surface area contributed by atoms with E-state index in [0.717, 1.165) is 4.68 Å². The number of aromatic carboxylic acids is 1. The van der Waals surface area contributed by atoms with Crippen molar-refractivity contribution in [2.75, 3.05) is 0 Å². The molecule has 0 radical (unpaired) electrons. The molecule has 1 aromatic heterocycles. The van der Waals surface area contributed by atoms with Crippen LogP contribution in [-0.2, 0) is 0 Å². The molecule has 18 heavy (non-hydrogen) atoms.